The van der Waals surface area contributed by atoms with Gasteiger partial charge in [0, 0.05) is 18.7 Å². The highest BCUT2D eigenvalue weighted by atomic mass is 32.2. The second kappa shape index (κ2) is 9.84. The molecule has 0 saturated carbocycles. The first-order valence-corrected chi connectivity index (χ1v) is 13.4. The predicted octanol–water partition coefficient (Wildman–Crippen LogP) is 3.44. The van der Waals surface area contributed by atoms with Crippen LogP contribution in [0.15, 0.2) is 52.4 Å². The Kier molecular flexibility index (Phi) is 7.05. The van der Waals surface area contributed by atoms with Crippen molar-refractivity contribution in [2.45, 2.75) is 50.8 Å². The van der Waals surface area contributed by atoms with E-state index in [2.05, 4.69) is 23.9 Å². The van der Waals surface area contributed by atoms with Gasteiger partial charge in [0.1, 0.15) is 0 Å². The number of amides is 1. The Morgan fingerprint density at radius 1 is 1.18 bits per heavy atom. The van der Waals surface area contributed by atoms with Crippen LogP contribution in [0.1, 0.15) is 36.7 Å². The van der Waals surface area contributed by atoms with E-state index in [-0.39, 0.29) is 17.1 Å². The zero-order valence-electron chi connectivity index (χ0n) is 19.4. The van der Waals surface area contributed by atoms with E-state index in [0.29, 0.717) is 30.0 Å². The number of benzene rings is 2. The number of carbonyl (C=O) groups excluding carboxylic acids is 1. The number of terminal acetylenes is 1. The number of aryl methyl sites for hydroxylation is 1. The number of hydrogen-bond donors (Lipinski definition) is 0. The van der Waals surface area contributed by atoms with Crippen LogP contribution in [0.25, 0.3) is 10.2 Å². The summed E-state index contributed by atoms with van der Waals surface area (Å²) in [4.78, 5) is 17.9. The van der Waals surface area contributed by atoms with Crippen molar-refractivity contribution in [3.63, 3.8) is 0 Å². The minimum atomic E-state index is -3.68. The molecule has 1 aromatic heterocycles. The lowest BCUT2D eigenvalue weighted by atomic mass is 10.2. The van der Waals surface area contributed by atoms with Crippen molar-refractivity contribution in [1.82, 2.24) is 8.87 Å². The topological polar surface area (TPSA) is 81.0 Å². The molecule has 1 saturated heterocycles. The van der Waals surface area contributed by atoms with Gasteiger partial charge in [0.15, 0.2) is 4.80 Å². The van der Waals surface area contributed by atoms with E-state index in [0.717, 1.165) is 16.6 Å². The quantitative estimate of drug-likeness (QED) is 0.506. The van der Waals surface area contributed by atoms with Crippen LogP contribution in [0, 0.1) is 12.3 Å². The molecule has 1 aliphatic heterocycles. The van der Waals surface area contributed by atoms with Crippen LogP contribution in [0.5, 0.6) is 0 Å². The molecule has 0 bridgehead atoms. The molecule has 7 nitrogen and oxygen atoms in total. The number of sulfonamides is 1. The predicted molar refractivity (Wildman–Crippen MR) is 133 cm³/mol. The fourth-order valence-electron chi connectivity index (χ4n) is 4.06. The van der Waals surface area contributed by atoms with Crippen LogP contribution in [0.3, 0.4) is 0 Å². The fourth-order valence-corrected chi connectivity index (χ4v) is 6.75. The van der Waals surface area contributed by atoms with Gasteiger partial charge in [0.25, 0.3) is 5.91 Å². The van der Waals surface area contributed by atoms with E-state index in [4.69, 9.17) is 11.2 Å². The average molecular weight is 498 g/mol. The largest absolute Gasteiger partial charge is 0.373 e. The number of fused-ring (bicyclic) bond motifs is 1. The third-order valence-electron chi connectivity index (χ3n) is 5.73. The molecule has 3 aromatic rings. The maximum atomic E-state index is 13.1. The highest BCUT2D eigenvalue weighted by molar-refractivity contribution is 7.89. The van der Waals surface area contributed by atoms with Crippen molar-refractivity contribution < 1.29 is 17.9 Å². The van der Waals surface area contributed by atoms with Crippen molar-refractivity contribution in [1.29, 1.82) is 0 Å². The average Bonchev–Trinajstić information content (AvgIpc) is 3.14. The Balaban J connectivity index is 1.64. The molecule has 0 spiro atoms. The Morgan fingerprint density at radius 2 is 1.85 bits per heavy atom. The summed E-state index contributed by atoms with van der Waals surface area (Å²) in [6.45, 7) is 6.68. The van der Waals surface area contributed by atoms with Gasteiger partial charge in [-0.3, -0.25) is 4.79 Å². The van der Waals surface area contributed by atoms with Gasteiger partial charge in [-0.25, -0.2) is 8.42 Å². The molecule has 2 unspecified atom stereocenters. The van der Waals surface area contributed by atoms with Crippen LogP contribution < -0.4 is 4.80 Å². The minimum absolute atomic E-state index is 0.140. The maximum absolute atomic E-state index is 13.1. The summed E-state index contributed by atoms with van der Waals surface area (Å²) < 4.78 is 36.0. The zero-order chi connectivity index (χ0) is 24.5. The standard InChI is InChI=1S/C25H27N3O4S2/c1-5-13-28-22-12-7-19(6-2)14-23(22)33-25(28)26-24(29)20-8-10-21(11-9-20)34(30,31)27-15-17(3)32-18(4)16-27/h1,7-12,14,17-18H,6,13,15-16H2,2-4H3. The first-order valence-electron chi connectivity index (χ1n) is 11.1. The number of hydrogen-bond acceptors (Lipinski definition) is 5. The Morgan fingerprint density at radius 3 is 2.47 bits per heavy atom. The molecule has 0 N–H and O–H groups in total. The molecule has 2 atom stereocenters. The molecule has 9 heteroatoms. The van der Waals surface area contributed by atoms with Crippen LogP contribution in [0.2, 0.25) is 0 Å². The van der Waals surface area contributed by atoms with E-state index >= 15 is 0 Å². The Labute approximate surface area is 203 Å². The first kappa shape index (κ1) is 24.4. The number of aromatic nitrogens is 1. The molecule has 1 fully saturated rings. The molecular weight excluding hydrogens is 470 g/mol. The molecule has 1 aliphatic rings. The fraction of sp³-hybridized carbons (Fsp3) is 0.360. The highest BCUT2D eigenvalue weighted by Crippen LogP contribution is 2.22. The van der Waals surface area contributed by atoms with Crippen molar-refractivity contribution >= 4 is 37.5 Å². The summed E-state index contributed by atoms with van der Waals surface area (Å²) in [6.07, 6.45) is 6.10. The van der Waals surface area contributed by atoms with E-state index < -0.39 is 15.9 Å². The van der Waals surface area contributed by atoms with Gasteiger partial charge in [-0.1, -0.05) is 30.2 Å². The lowest BCUT2D eigenvalue weighted by Crippen LogP contribution is -2.48. The van der Waals surface area contributed by atoms with Crippen LogP contribution in [-0.2, 0) is 27.7 Å². The van der Waals surface area contributed by atoms with Gasteiger partial charge in [-0.2, -0.15) is 9.30 Å². The molecule has 0 radical (unpaired) electrons. The number of ether oxygens (including phenoxy) is 1. The van der Waals surface area contributed by atoms with Crippen molar-refractivity contribution in [3.05, 3.63) is 58.4 Å². The van der Waals surface area contributed by atoms with Gasteiger partial charge in [0.05, 0.1) is 33.9 Å². The summed E-state index contributed by atoms with van der Waals surface area (Å²) in [5, 5.41) is 0. The summed E-state index contributed by atoms with van der Waals surface area (Å²) in [7, 11) is -3.68. The summed E-state index contributed by atoms with van der Waals surface area (Å²) in [5.74, 6) is 2.17. The van der Waals surface area contributed by atoms with Gasteiger partial charge in [-0.15, -0.1) is 6.42 Å². The minimum Gasteiger partial charge on any atom is -0.373 e. The third-order valence-corrected chi connectivity index (χ3v) is 8.61. The lowest BCUT2D eigenvalue weighted by Gasteiger charge is -2.34. The molecule has 34 heavy (non-hydrogen) atoms. The number of thiazole rings is 1. The van der Waals surface area contributed by atoms with Crippen LogP contribution in [0.4, 0.5) is 0 Å². The molecule has 0 aliphatic carbocycles. The van der Waals surface area contributed by atoms with Gasteiger partial charge >= 0.3 is 0 Å². The van der Waals surface area contributed by atoms with Crippen LogP contribution in [-0.4, -0.2) is 48.5 Å². The lowest BCUT2D eigenvalue weighted by molar-refractivity contribution is -0.0440. The van der Waals surface area contributed by atoms with Crippen molar-refractivity contribution in [2.75, 3.05) is 13.1 Å². The highest BCUT2D eigenvalue weighted by Gasteiger charge is 2.32. The molecule has 178 valence electrons. The number of carbonyl (C=O) groups is 1. The maximum Gasteiger partial charge on any atom is 0.279 e. The van der Waals surface area contributed by atoms with Gasteiger partial charge in [0.2, 0.25) is 10.0 Å². The summed E-state index contributed by atoms with van der Waals surface area (Å²) in [5.41, 5.74) is 2.43. The zero-order valence-corrected chi connectivity index (χ0v) is 21.0. The SMILES string of the molecule is C#CCn1c(=NC(=O)c2ccc(S(=O)(=O)N3CC(C)OC(C)C3)cc2)sc2cc(CC)ccc21. The van der Waals surface area contributed by atoms with E-state index in [1.165, 1.54) is 45.5 Å². The Hall–Kier alpha value is -2.77. The van der Waals surface area contributed by atoms with E-state index in [1.807, 2.05) is 30.5 Å². The van der Waals surface area contributed by atoms with E-state index in [1.54, 1.807) is 0 Å². The smallest absolute Gasteiger partial charge is 0.279 e. The normalized spacial score (nSPS) is 19.9. The third kappa shape index (κ3) is 4.86. The van der Waals surface area contributed by atoms with Gasteiger partial charge in [-0.05, 0) is 62.2 Å². The van der Waals surface area contributed by atoms with Crippen LogP contribution >= 0.6 is 11.3 Å². The molecular formula is C25H27N3O4S2. The Bertz CT molecular complexity index is 1420. The van der Waals surface area contributed by atoms with Crippen molar-refractivity contribution in [3.8, 4) is 12.3 Å². The monoisotopic (exact) mass is 497 g/mol. The number of rotatable bonds is 5. The van der Waals surface area contributed by atoms with E-state index in [9.17, 15) is 13.2 Å². The first-order chi connectivity index (χ1) is 16.2. The van der Waals surface area contributed by atoms with Gasteiger partial charge < -0.3 is 9.30 Å². The van der Waals surface area contributed by atoms with Crippen molar-refractivity contribution in [2.24, 2.45) is 4.99 Å². The molecule has 2 aromatic carbocycles. The number of nitrogens with zero attached hydrogens (tertiary/aromatic N) is 3. The molecule has 1 amide bonds. The number of morpholine rings is 1. The summed E-state index contributed by atoms with van der Waals surface area (Å²) in [6, 6.07) is 12.0. The molecule has 4 rings (SSSR count). The second-order valence-corrected chi connectivity index (χ2v) is 11.3. The second-order valence-electron chi connectivity index (χ2n) is 8.35. The molecule has 2 heterocycles. The summed E-state index contributed by atoms with van der Waals surface area (Å²) >= 11 is 1.41.